The molecule has 0 saturated carbocycles. The SMILES string of the molecule is [CH]=CC1=NC=CC=[N+]1. The lowest BCUT2D eigenvalue weighted by Gasteiger charge is -1.74. The minimum atomic E-state index is 0.563. The number of rotatable bonds is 1. The molecule has 2 radical (unpaired) electrons. The highest BCUT2D eigenvalue weighted by molar-refractivity contribution is 5.98. The summed E-state index contributed by atoms with van der Waals surface area (Å²) in [6, 6.07) is 0. The van der Waals surface area contributed by atoms with Gasteiger partial charge in [-0.1, -0.05) is 6.58 Å². The average Bonchev–Trinajstić information content (AvgIpc) is 1.90. The summed E-state index contributed by atoms with van der Waals surface area (Å²) in [5.74, 6) is 0.563. The van der Waals surface area contributed by atoms with Gasteiger partial charge in [-0.15, -0.1) is 0 Å². The molecule has 0 atom stereocenters. The third-order valence-corrected chi connectivity index (χ3v) is 0.735. The first kappa shape index (κ1) is 4.97. The first-order chi connectivity index (χ1) is 3.93. The van der Waals surface area contributed by atoms with Gasteiger partial charge in [0, 0.05) is 12.2 Å². The van der Waals surface area contributed by atoms with Crippen molar-refractivity contribution in [2.75, 3.05) is 0 Å². The molecule has 1 aliphatic heterocycles. The van der Waals surface area contributed by atoms with Crippen molar-refractivity contribution in [3.63, 3.8) is 0 Å². The maximum Gasteiger partial charge on any atom is 0.363 e. The minimum Gasteiger partial charge on any atom is -0.0535 e. The number of hydrogen-bond acceptors (Lipinski definition) is 2. The molecule has 0 unspecified atom stereocenters. The van der Waals surface area contributed by atoms with E-state index in [1.807, 2.05) is 0 Å². The van der Waals surface area contributed by atoms with Crippen LogP contribution in [-0.4, -0.2) is 12.1 Å². The number of amidine groups is 1. The molecule has 38 valence electrons. The zero-order valence-corrected chi connectivity index (χ0v) is 4.28. The van der Waals surface area contributed by atoms with E-state index in [1.165, 1.54) is 6.08 Å². The van der Waals surface area contributed by atoms with Gasteiger partial charge in [0.15, 0.2) is 0 Å². The van der Waals surface area contributed by atoms with Crippen LogP contribution >= 0.6 is 0 Å². The van der Waals surface area contributed by atoms with Gasteiger partial charge in [-0.3, -0.25) is 0 Å². The number of hydrogen-bond donors (Lipinski definition) is 0. The first-order valence-corrected chi connectivity index (χ1v) is 2.25. The second-order valence-electron chi connectivity index (χ2n) is 1.27. The molecule has 1 heterocycles. The van der Waals surface area contributed by atoms with Gasteiger partial charge >= 0.3 is 5.84 Å². The number of allylic oxidation sites excluding steroid dienone is 1. The van der Waals surface area contributed by atoms with E-state index in [1.54, 1.807) is 18.5 Å². The van der Waals surface area contributed by atoms with Crippen LogP contribution in [0.3, 0.4) is 0 Å². The van der Waals surface area contributed by atoms with Crippen molar-refractivity contribution in [3.05, 3.63) is 24.9 Å². The van der Waals surface area contributed by atoms with Crippen LogP contribution in [0.4, 0.5) is 0 Å². The molecule has 0 aromatic rings. The molecule has 0 saturated heterocycles. The normalized spacial score (nSPS) is 15.8. The Balaban J connectivity index is 2.82. The van der Waals surface area contributed by atoms with Crippen molar-refractivity contribution in [1.29, 1.82) is 0 Å². The van der Waals surface area contributed by atoms with Gasteiger partial charge in [0.25, 0.3) is 0 Å². The lowest BCUT2D eigenvalue weighted by Crippen LogP contribution is -2.03. The van der Waals surface area contributed by atoms with Crippen molar-refractivity contribution in [1.82, 2.24) is 4.99 Å². The zero-order valence-electron chi connectivity index (χ0n) is 4.28. The van der Waals surface area contributed by atoms with Gasteiger partial charge in [-0.2, -0.15) is 0 Å². The van der Waals surface area contributed by atoms with Crippen LogP contribution in [0.25, 0.3) is 0 Å². The summed E-state index contributed by atoms with van der Waals surface area (Å²) < 4.78 is 0. The highest BCUT2D eigenvalue weighted by Crippen LogP contribution is 1.80. The van der Waals surface area contributed by atoms with Crippen molar-refractivity contribution >= 4 is 12.1 Å². The number of aliphatic imine (C=N–C) groups is 2. The molecule has 0 amide bonds. The summed E-state index contributed by atoms with van der Waals surface area (Å²) in [6.45, 7) is 5.10. The van der Waals surface area contributed by atoms with Crippen LogP contribution < -0.4 is 4.99 Å². The van der Waals surface area contributed by atoms with E-state index in [9.17, 15) is 0 Å². The van der Waals surface area contributed by atoms with Gasteiger partial charge in [0.05, 0.1) is 0 Å². The first-order valence-electron chi connectivity index (χ1n) is 2.25. The van der Waals surface area contributed by atoms with Crippen LogP contribution in [0.2, 0.25) is 0 Å². The summed E-state index contributed by atoms with van der Waals surface area (Å²) in [5, 5.41) is 0. The van der Waals surface area contributed by atoms with E-state index in [0.717, 1.165) is 0 Å². The van der Waals surface area contributed by atoms with Crippen molar-refractivity contribution < 1.29 is 0 Å². The molecule has 0 N–H and O–H groups in total. The highest BCUT2D eigenvalue weighted by atomic mass is 14.9. The fourth-order valence-corrected chi connectivity index (χ4v) is 0.397. The van der Waals surface area contributed by atoms with Crippen LogP contribution in [-0.2, 0) is 0 Å². The largest absolute Gasteiger partial charge is 0.363 e. The molecule has 0 fully saturated rings. The van der Waals surface area contributed by atoms with Crippen molar-refractivity contribution in [2.24, 2.45) is 4.99 Å². The standard InChI is InChI=1S/C6H5N2/c1-2-6-7-4-3-5-8-6/h1-5H/q+1. The Hall–Kier alpha value is -1.18. The molecule has 0 aliphatic carbocycles. The maximum atomic E-state index is 5.10. The molecule has 0 aromatic carbocycles. The smallest absolute Gasteiger partial charge is 0.0535 e. The minimum absolute atomic E-state index is 0.563. The third kappa shape index (κ3) is 0.904. The molecule has 0 bridgehead atoms. The zero-order chi connectivity index (χ0) is 5.82. The maximum absolute atomic E-state index is 5.10. The molecule has 0 aromatic heterocycles. The Morgan fingerprint density at radius 1 is 1.75 bits per heavy atom. The molecule has 2 nitrogen and oxygen atoms in total. The summed E-state index contributed by atoms with van der Waals surface area (Å²) in [6.07, 6.45) is 6.39. The lowest BCUT2D eigenvalue weighted by atomic mass is 10.5. The predicted molar refractivity (Wildman–Crippen MR) is 33.6 cm³/mol. The van der Waals surface area contributed by atoms with E-state index in [2.05, 4.69) is 9.98 Å². The summed E-state index contributed by atoms with van der Waals surface area (Å²) in [4.78, 5) is 7.61. The fraction of sp³-hybridized carbons (Fsp3) is 0. The summed E-state index contributed by atoms with van der Waals surface area (Å²) in [5.41, 5.74) is 0. The number of nitrogens with zero attached hydrogens (tertiary/aromatic N) is 2. The predicted octanol–water partition coefficient (Wildman–Crippen LogP) is 0.308. The third-order valence-electron chi connectivity index (χ3n) is 0.735. The van der Waals surface area contributed by atoms with Crippen molar-refractivity contribution in [2.45, 2.75) is 0 Å². The second-order valence-corrected chi connectivity index (χ2v) is 1.27. The topological polar surface area (TPSA) is 26.5 Å². The van der Waals surface area contributed by atoms with Gasteiger partial charge < -0.3 is 0 Å². The lowest BCUT2D eigenvalue weighted by molar-refractivity contribution is 1.41. The van der Waals surface area contributed by atoms with E-state index in [4.69, 9.17) is 6.58 Å². The van der Waals surface area contributed by atoms with Gasteiger partial charge in [-0.25, -0.2) is 0 Å². The average molecular weight is 105 g/mol. The molecule has 2 heteroatoms. The molecular formula is C6H5N2+. The molecule has 8 heavy (non-hydrogen) atoms. The van der Waals surface area contributed by atoms with Gasteiger partial charge in [0.2, 0.25) is 0 Å². The Labute approximate surface area is 48.0 Å². The highest BCUT2D eigenvalue weighted by Gasteiger charge is 2.00. The monoisotopic (exact) mass is 105 g/mol. The van der Waals surface area contributed by atoms with E-state index >= 15 is 0 Å². The molecular weight excluding hydrogens is 100 g/mol. The Morgan fingerprint density at radius 2 is 2.62 bits per heavy atom. The Morgan fingerprint density at radius 3 is 3.00 bits per heavy atom. The van der Waals surface area contributed by atoms with E-state index in [-0.39, 0.29) is 0 Å². The Kier molecular flexibility index (Phi) is 1.37. The molecule has 0 spiro atoms. The van der Waals surface area contributed by atoms with E-state index in [0.29, 0.717) is 5.84 Å². The molecule has 1 rings (SSSR count). The Bertz CT molecular complexity index is 175. The van der Waals surface area contributed by atoms with Gasteiger partial charge in [0.1, 0.15) is 12.4 Å². The quantitative estimate of drug-likeness (QED) is 0.458. The molecule has 1 aliphatic rings. The van der Waals surface area contributed by atoms with E-state index < -0.39 is 0 Å². The van der Waals surface area contributed by atoms with Crippen LogP contribution in [0.5, 0.6) is 0 Å². The summed E-state index contributed by atoms with van der Waals surface area (Å²) in [7, 11) is 0. The summed E-state index contributed by atoms with van der Waals surface area (Å²) >= 11 is 0. The fourth-order valence-electron chi connectivity index (χ4n) is 0.397. The van der Waals surface area contributed by atoms with Crippen molar-refractivity contribution in [3.8, 4) is 0 Å². The van der Waals surface area contributed by atoms with Crippen LogP contribution in [0, 0.1) is 6.58 Å². The van der Waals surface area contributed by atoms with Crippen LogP contribution in [0.1, 0.15) is 0 Å². The second kappa shape index (κ2) is 2.21. The van der Waals surface area contributed by atoms with Crippen LogP contribution in [0.15, 0.2) is 23.3 Å². The van der Waals surface area contributed by atoms with Gasteiger partial charge in [-0.05, 0) is 9.98 Å².